The molecule has 0 aromatic rings. The second-order valence-corrected chi connectivity index (χ2v) is 2.10. The van der Waals surface area contributed by atoms with E-state index in [4.69, 9.17) is 5.73 Å². The molecule has 3 N–H and O–H groups in total. The number of halogens is 1. The van der Waals surface area contributed by atoms with Crippen LogP contribution in [0.25, 0.3) is 5.73 Å². The van der Waals surface area contributed by atoms with Gasteiger partial charge in [0.25, 0.3) is 0 Å². The second kappa shape index (κ2) is 17.8. The molecule has 3 nitrogen and oxygen atoms in total. The van der Waals surface area contributed by atoms with Gasteiger partial charge in [0.2, 0.25) is 0 Å². The summed E-state index contributed by atoms with van der Waals surface area (Å²) in [5, 5.41) is 6.44. The number of nitrogens with one attached hydrogen (secondary N) is 3. The van der Waals surface area contributed by atoms with Crippen LogP contribution in [0.1, 0.15) is 6.42 Å². The molecule has 0 amide bonds. The van der Waals surface area contributed by atoms with Crippen molar-refractivity contribution in [1.29, 1.82) is 0 Å². The predicted molar refractivity (Wildman–Crippen MR) is 50.8 cm³/mol. The van der Waals surface area contributed by atoms with Crippen molar-refractivity contribution in [2.24, 2.45) is 0 Å². The van der Waals surface area contributed by atoms with Crippen molar-refractivity contribution in [1.82, 2.24) is 10.6 Å². The summed E-state index contributed by atoms with van der Waals surface area (Å²) in [6, 6.07) is 0. The Morgan fingerprint density at radius 2 is 1.42 bits per heavy atom. The summed E-state index contributed by atoms with van der Waals surface area (Å²) in [6.45, 7) is 8.43. The maximum absolute atomic E-state index is 6.39. The molecule has 1 aliphatic heterocycles. The van der Waals surface area contributed by atoms with Crippen LogP contribution in [0.15, 0.2) is 0 Å². The summed E-state index contributed by atoms with van der Waals surface area (Å²) in [4.78, 5) is 0. The number of rotatable bonds is 1. The van der Waals surface area contributed by atoms with Crippen molar-refractivity contribution >= 4 is 9.42 Å². The van der Waals surface area contributed by atoms with E-state index in [9.17, 15) is 0 Å². The molecule has 0 atom stereocenters. The van der Waals surface area contributed by atoms with Gasteiger partial charge in [0.15, 0.2) is 0 Å². The van der Waals surface area contributed by atoms with Crippen molar-refractivity contribution in [3.05, 3.63) is 12.7 Å². The van der Waals surface area contributed by atoms with E-state index in [-0.39, 0.29) is 0 Å². The number of piperazine rings is 1. The summed E-state index contributed by atoms with van der Waals surface area (Å²) < 4.78 is 0. The monoisotopic (exact) mass is 373 g/mol. The Balaban J connectivity index is 0. The Labute approximate surface area is 90.6 Å². The van der Waals surface area contributed by atoms with Crippen molar-refractivity contribution in [2.75, 3.05) is 32.7 Å². The van der Waals surface area contributed by atoms with Crippen LogP contribution in [0.5, 0.6) is 0 Å². The molecule has 5 heteroatoms. The van der Waals surface area contributed by atoms with Crippen LogP contribution in [0.4, 0.5) is 0 Å². The van der Waals surface area contributed by atoms with Gasteiger partial charge in [-0.2, -0.15) is 6.54 Å². The van der Waals surface area contributed by atoms with E-state index >= 15 is 0 Å². The zero-order valence-corrected chi connectivity index (χ0v) is 10.2. The molecule has 0 radical (unpaired) electrons. The van der Waals surface area contributed by atoms with Gasteiger partial charge in [0, 0.05) is 26.2 Å². The molecule has 0 aromatic heterocycles. The molecule has 0 bridgehead atoms. The molecule has 0 aliphatic carbocycles. The van der Waals surface area contributed by atoms with E-state index in [2.05, 4.69) is 27.0 Å². The average Bonchev–Trinajstić information content (AvgIpc) is 2.24. The van der Waals surface area contributed by atoms with E-state index in [1.165, 1.54) is 0 Å². The van der Waals surface area contributed by atoms with E-state index in [1.54, 1.807) is 18.8 Å². The van der Waals surface area contributed by atoms with Crippen LogP contribution in [0.3, 0.4) is 0 Å². The van der Waals surface area contributed by atoms with Crippen LogP contribution in [0.2, 0.25) is 0 Å². The zero-order valence-electron chi connectivity index (χ0n) is 7.14. The van der Waals surface area contributed by atoms with Crippen LogP contribution in [-0.4, -0.2) is 32.7 Å². The van der Waals surface area contributed by atoms with Gasteiger partial charge in [0.1, 0.15) is 0 Å². The molecule has 79 valence electrons. The molecule has 0 unspecified atom stereocenters. The third-order valence-corrected chi connectivity index (χ3v) is 1.13. The first-order valence-electron chi connectivity index (χ1n) is 3.89. The van der Waals surface area contributed by atoms with Gasteiger partial charge < -0.3 is 23.3 Å². The van der Waals surface area contributed by atoms with E-state index in [1.807, 2.05) is 0 Å². The molecule has 1 fully saturated rings. The molecular weight excluding hydrogens is 357 g/mol. The maximum atomic E-state index is 6.39. The first kappa shape index (κ1) is 15.3. The molecule has 1 aliphatic rings. The van der Waals surface area contributed by atoms with Gasteiger partial charge >= 0.3 is 28.2 Å². The van der Waals surface area contributed by atoms with Gasteiger partial charge in [0.05, 0.1) is 0 Å². The fourth-order valence-corrected chi connectivity index (χ4v) is 0.604. The fraction of sp³-hybridized carbons (Fsp3) is 0.857. The average molecular weight is 374 g/mol. The topological polar surface area (TPSA) is 47.9 Å². The summed E-state index contributed by atoms with van der Waals surface area (Å²) in [5.74, 6) is 0. The molecular formula is C7H17ClN3Pt-2. The molecule has 0 spiro atoms. The van der Waals surface area contributed by atoms with Gasteiger partial charge in [-0.15, -0.1) is 0 Å². The van der Waals surface area contributed by atoms with E-state index in [0.29, 0.717) is 6.54 Å². The van der Waals surface area contributed by atoms with Gasteiger partial charge in [-0.1, -0.05) is 0 Å². The Morgan fingerprint density at radius 3 is 1.50 bits per heavy atom. The van der Waals surface area contributed by atoms with E-state index in [0.717, 1.165) is 32.6 Å². The summed E-state index contributed by atoms with van der Waals surface area (Å²) in [6.07, 6.45) is 0.736. The van der Waals surface area contributed by atoms with Crippen LogP contribution in [0, 0.1) is 6.92 Å². The van der Waals surface area contributed by atoms with Crippen LogP contribution >= 0.6 is 9.42 Å². The van der Waals surface area contributed by atoms with Crippen molar-refractivity contribution in [2.45, 2.75) is 6.42 Å². The third kappa shape index (κ3) is 17.1. The standard InChI is InChI=1S/C4H10N2.C3H7N.ClH.Pt/c1-2-6-4-3-5-1;1-2-3-4;;/h5-6H,1-4H2;4H,1-3H2;1H;/q;-2;;+1/p-1. The Bertz CT molecular complexity index is 49.1. The third-order valence-electron chi connectivity index (χ3n) is 1.13. The summed E-state index contributed by atoms with van der Waals surface area (Å²) in [7, 11) is 4.61. The molecule has 1 heterocycles. The fourth-order valence-electron chi connectivity index (χ4n) is 0.604. The van der Waals surface area contributed by atoms with Crippen molar-refractivity contribution < 1.29 is 18.8 Å². The molecule has 0 aromatic carbocycles. The van der Waals surface area contributed by atoms with Crippen molar-refractivity contribution in [3.8, 4) is 0 Å². The minimum absolute atomic E-state index is 0.458. The summed E-state index contributed by atoms with van der Waals surface area (Å²) >= 11 is 1.61. The minimum atomic E-state index is 0.458. The number of hydrogen-bond acceptors (Lipinski definition) is 2. The van der Waals surface area contributed by atoms with Gasteiger partial charge in [-0.05, 0) is 0 Å². The summed E-state index contributed by atoms with van der Waals surface area (Å²) in [5.41, 5.74) is 6.39. The van der Waals surface area contributed by atoms with Crippen LogP contribution in [-0.2, 0) is 18.8 Å². The second-order valence-electron chi connectivity index (χ2n) is 2.10. The Kier molecular flexibility index (Phi) is 22.8. The zero-order chi connectivity index (χ0) is 9.66. The first-order valence-corrected chi connectivity index (χ1v) is 6.70. The molecule has 1 saturated heterocycles. The molecule has 12 heavy (non-hydrogen) atoms. The number of hydrogen-bond donors (Lipinski definition) is 2. The van der Waals surface area contributed by atoms with Crippen LogP contribution < -0.4 is 10.6 Å². The SMILES string of the molecule is C1CNCCN1.[CH2-]CC[NH-].[Cl][Pt]. The Hall–Kier alpha value is 0.858. The molecule has 1 rings (SSSR count). The predicted octanol–water partition coefficient (Wildman–Crippen LogP) is 1.13. The molecule has 0 saturated carbocycles. The quantitative estimate of drug-likeness (QED) is 0.677. The van der Waals surface area contributed by atoms with Gasteiger partial charge in [-0.3, -0.25) is 0 Å². The Morgan fingerprint density at radius 1 is 1.17 bits per heavy atom. The normalized spacial score (nSPS) is 15.1. The van der Waals surface area contributed by atoms with Crippen molar-refractivity contribution in [3.63, 3.8) is 0 Å². The first-order chi connectivity index (χ1) is 5.91. The van der Waals surface area contributed by atoms with E-state index < -0.39 is 0 Å². The van der Waals surface area contributed by atoms with Gasteiger partial charge in [-0.25, -0.2) is 6.42 Å².